The fourth-order valence-electron chi connectivity index (χ4n) is 2.52. The molecule has 0 saturated carbocycles. The molecule has 1 aliphatic heterocycles. The van der Waals surface area contributed by atoms with Crippen molar-refractivity contribution < 1.29 is 9.90 Å². The second-order valence-corrected chi connectivity index (χ2v) is 6.01. The summed E-state index contributed by atoms with van der Waals surface area (Å²) in [5.74, 6) is -0.833. The van der Waals surface area contributed by atoms with E-state index >= 15 is 0 Å². The van der Waals surface area contributed by atoms with Gasteiger partial charge < -0.3 is 10.0 Å². The van der Waals surface area contributed by atoms with Gasteiger partial charge in [0.05, 0.1) is 17.7 Å². The summed E-state index contributed by atoms with van der Waals surface area (Å²) >= 11 is 1.65. The Balaban J connectivity index is 1.95. The van der Waals surface area contributed by atoms with Crippen molar-refractivity contribution in [3.8, 4) is 0 Å². The number of hydrogen-bond donors (Lipinski definition) is 1. The Hall–Kier alpha value is -2.14. The van der Waals surface area contributed by atoms with Gasteiger partial charge in [0.1, 0.15) is 0 Å². The number of carboxylic acid groups (broad SMARTS) is 1. The van der Waals surface area contributed by atoms with E-state index in [-0.39, 0.29) is 0 Å². The molecule has 1 aromatic heterocycles. The summed E-state index contributed by atoms with van der Waals surface area (Å²) in [5.41, 5.74) is 5.42. The van der Waals surface area contributed by atoms with Gasteiger partial charge in [0.2, 0.25) is 0 Å². The van der Waals surface area contributed by atoms with Crippen molar-refractivity contribution in [2.45, 2.75) is 19.9 Å². The third kappa shape index (κ3) is 2.83. The Morgan fingerprint density at radius 2 is 2.24 bits per heavy atom. The predicted molar refractivity (Wildman–Crippen MR) is 84.6 cm³/mol. The van der Waals surface area contributed by atoms with Crippen molar-refractivity contribution in [1.29, 1.82) is 0 Å². The summed E-state index contributed by atoms with van der Waals surface area (Å²) in [7, 11) is 0. The molecule has 1 N–H and O–H groups in total. The number of aryl methyl sites for hydroxylation is 1. The van der Waals surface area contributed by atoms with Crippen molar-refractivity contribution in [3.05, 3.63) is 51.5 Å². The van der Waals surface area contributed by atoms with Crippen LogP contribution < -0.4 is 4.90 Å². The number of para-hydroxylation sites is 1. The van der Waals surface area contributed by atoms with Gasteiger partial charge in [-0.25, -0.2) is 9.78 Å². The van der Waals surface area contributed by atoms with Crippen LogP contribution in [0, 0.1) is 6.92 Å². The number of benzene rings is 1. The first-order valence-electron chi connectivity index (χ1n) is 6.82. The lowest BCUT2D eigenvalue weighted by Gasteiger charge is -2.24. The van der Waals surface area contributed by atoms with Gasteiger partial charge in [0, 0.05) is 22.7 Å². The number of anilines is 1. The van der Waals surface area contributed by atoms with Crippen LogP contribution >= 0.6 is 11.3 Å². The summed E-state index contributed by atoms with van der Waals surface area (Å²) in [4.78, 5) is 19.1. The quantitative estimate of drug-likeness (QED) is 0.944. The van der Waals surface area contributed by atoms with Gasteiger partial charge in [-0.05, 0) is 31.1 Å². The molecule has 1 aromatic carbocycles. The van der Waals surface area contributed by atoms with E-state index in [2.05, 4.69) is 9.88 Å². The first kappa shape index (κ1) is 13.8. The van der Waals surface area contributed by atoms with Gasteiger partial charge in [-0.1, -0.05) is 18.2 Å². The minimum absolute atomic E-state index is 0.464. The highest BCUT2D eigenvalue weighted by Gasteiger charge is 2.19. The van der Waals surface area contributed by atoms with E-state index in [0.717, 1.165) is 23.5 Å². The highest BCUT2D eigenvalue weighted by Crippen LogP contribution is 2.30. The second-order valence-electron chi connectivity index (χ2n) is 5.07. The molecular weight excluding hydrogens is 284 g/mol. The largest absolute Gasteiger partial charge is 0.478 e. The number of nitrogens with zero attached hydrogens (tertiary/aromatic N) is 2. The Morgan fingerprint density at radius 1 is 1.43 bits per heavy atom. The van der Waals surface area contributed by atoms with Crippen LogP contribution in [-0.4, -0.2) is 22.6 Å². The molecule has 0 aliphatic carbocycles. The number of carbonyl (C=O) groups is 1. The zero-order valence-corrected chi connectivity index (χ0v) is 12.6. The molecule has 108 valence electrons. The fraction of sp³-hybridized carbons (Fsp3) is 0.250. The molecule has 0 amide bonds. The molecule has 1 aliphatic rings. The van der Waals surface area contributed by atoms with Crippen LogP contribution in [0.1, 0.15) is 22.6 Å². The molecule has 0 spiro atoms. The molecule has 3 rings (SSSR count). The van der Waals surface area contributed by atoms with Crippen LogP contribution in [-0.2, 0) is 11.3 Å². The van der Waals surface area contributed by atoms with Crippen molar-refractivity contribution in [3.63, 3.8) is 0 Å². The van der Waals surface area contributed by atoms with Crippen molar-refractivity contribution >= 4 is 29.1 Å². The van der Waals surface area contributed by atoms with Crippen LogP contribution in [0.25, 0.3) is 6.08 Å². The van der Waals surface area contributed by atoms with Crippen LogP contribution in [0.15, 0.2) is 35.3 Å². The van der Waals surface area contributed by atoms with E-state index in [1.165, 1.54) is 4.88 Å². The zero-order valence-electron chi connectivity index (χ0n) is 11.7. The number of rotatable bonds is 3. The highest BCUT2D eigenvalue weighted by atomic mass is 32.1. The molecule has 0 unspecified atom stereocenters. The van der Waals surface area contributed by atoms with E-state index in [1.54, 1.807) is 17.4 Å². The number of hydrogen-bond acceptors (Lipinski definition) is 4. The SMILES string of the molecule is Cc1ncsc1CN1CCC(C(=O)O)=Cc2ccccc21. The summed E-state index contributed by atoms with van der Waals surface area (Å²) in [6, 6.07) is 7.95. The molecule has 0 radical (unpaired) electrons. The molecular formula is C16H16N2O2S. The third-order valence-corrected chi connectivity index (χ3v) is 4.63. The number of fused-ring (bicyclic) bond motifs is 1. The maximum atomic E-state index is 11.3. The average molecular weight is 300 g/mol. The molecule has 4 nitrogen and oxygen atoms in total. The lowest BCUT2D eigenvalue weighted by molar-refractivity contribution is -0.132. The average Bonchev–Trinajstić information content (AvgIpc) is 2.77. The van der Waals surface area contributed by atoms with Crippen LogP contribution in [0.2, 0.25) is 0 Å². The first-order valence-corrected chi connectivity index (χ1v) is 7.70. The Kier molecular flexibility index (Phi) is 3.75. The lowest BCUT2D eigenvalue weighted by atomic mass is 10.1. The summed E-state index contributed by atoms with van der Waals surface area (Å²) in [6.45, 7) is 3.48. The van der Waals surface area contributed by atoms with Crippen LogP contribution in [0.3, 0.4) is 0 Å². The number of carboxylic acids is 1. The van der Waals surface area contributed by atoms with Gasteiger partial charge in [0.15, 0.2) is 0 Å². The maximum Gasteiger partial charge on any atom is 0.331 e. The standard InChI is InChI=1S/C16H16N2O2S/c1-11-15(21-10-17-11)9-18-7-6-13(16(19)20)8-12-4-2-3-5-14(12)18/h2-5,8,10H,6-7,9H2,1H3,(H,19,20). The lowest BCUT2D eigenvalue weighted by Crippen LogP contribution is -2.24. The normalized spacial score (nSPS) is 14.3. The summed E-state index contributed by atoms with van der Waals surface area (Å²) < 4.78 is 0. The molecule has 0 bridgehead atoms. The van der Waals surface area contributed by atoms with Crippen LogP contribution in [0.5, 0.6) is 0 Å². The van der Waals surface area contributed by atoms with E-state index in [9.17, 15) is 9.90 Å². The van der Waals surface area contributed by atoms with Gasteiger partial charge in [-0.3, -0.25) is 0 Å². The van der Waals surface area contributed by atoms with E-state index in [1.807, 2.05) is 36.7 Å². The molecule has 21 heavy (non-hydrogen) atoms. The minimum Gasteiger partial charge on any atom is -0.478 e. The zero-order chi connectivity index (χ0) is 14.8. The Labute approximate surface area is 127 Å². The van der Waals surface area contributed by atoms with Gasteiger partial charge in [0.25, 0.3) is 0 Å². The number of thiazole rings is 1. The predicted octanol–water partition coefficient (Wildman–Crippen LogP) is 3.33. The fourth-order valence-corrected chi connectivity index (χ4v) is 3.31. The first-order chi connectivity index (χ1) is 10.1. The number of aromatic nitrogens is 1. The third-order valence-electron chi connectivity index (χ3n) is 3.71. The summed E-state index contributed by atoms with van der Waals surface area (Å²) in [5, 5.41) is 9.28. The monoisotopic (exact) mass is 300 g/mol. The van der Waals surface area contributed by atoms with E-state index in [4.69, 9.17) is 0 Å². The molecule has 0 atom stereocenters. The minimum atomic E-state index is -0.833. The number of aliphatic carboxylic acids is 1. The van der Waals surface area contributed by atoms with Crippen LogP contribution in [0.4, 0.5) is 5.69 Å². The topological polar surface area (TPSA) is 53.4 Å². The molecule has 2 heterocycles. The van der Waals surface area contributed by atoms with Crippen molar-refractivity contribution in [2.24, 2.45) is 0 Å². The van der Waals surface area contributed by atoms with Gasteiger partial charge >= 0.3 is 5.97 Å². The summed E-state index contributed by atoms with van der Waals surface area (Å²) in [6.07, 6.45) is 2.33. The highest BCUT2D eigenvalue weighted by molar-refractivity contribution is 7.09. The van der Waals surface area contributed by atoms with Crippen molar-refractivity contribution in [2.75, 3.05) is 11.4 Å². The van der Waals surface area contributed by atoms with Crippen molar-refractivity contribution in [1.82, 2.24) is 4.98 Å². The molecule has 0 fully saturated rings. The van der Waals surface area contributed by atoms with Gasteiger partial charge in [-0.2, -0.15) is 0 Å². The van der Waals surface area contributed by atoms with E-state index in [0.29, 0.717) is 18.5 Å². The Morgan fingerprint density at radius 3 is 2.95 bits per heavy atom. The molecule has 5 heteroatoms. The molecule has 0 saturated heterocycles. The second kappa shape index (κ2) is 5.69. The Bertz CT molecular complexity index is 706. The molecule has 2 aromatic rings. The maximum absolute atomic E-state index is 11.3. The van der Waals surface area contributed by atoms with Gasteiger partial charge in [-0.15, -0.1) is 11.3 Å². The smallest absolute Gasteiger partial charge is 0.331 e. The van der Waals surface area contributed by atoms with E-state index < -0.39 is 5.97 Å².